The number of esters is 2. The summed E-state index contributed by atoms with van der Waals surface area (Å²) >= 11 is 0. The van der Waals surface area contributed by atoms with Crippen LogP contribution in [0.4, 0.5) is 5.69 Å². The molecule has 0 saturated carbocycles. The van der Waals surface area contributed by atoms with Gasteiger partial charge in [-0.05, 0) is 25.0 Å². The van der Waals surface area contributed by atoms with Crippen molar-refractivity contribution < 1.29 is 29.0 Å². The molecule has 1 saturated heterocycles. The number of rotatable bonds is 3. The van der Waals surface area contributed by atoms with Gasteiger partial charge in [-0.1, -0.05) is 12.1 Å². The van der Waals surface area contributed by atoms with Crippen LogP contribution in [-0.4, -0.2) is 28.8 Å². The van der Waals surface area contributed by atoms with Crippen molar-refractivity contribution in [1.82, 2.24) is 0 Å². The standard InChI is InChI=1S/C16H17NO6/c1-8-5-6-9(2)12(11(8)13(18)19)17-7-10-14(20)22-16(3,4)23-15(10)21/h5-7,17H,1-4H3,(H,18,19). The third-order valence-corrected chi connectivity index (χ3v) is 3.31. The molecular weight excluding hydrogens is 302 g/mol. The lowest BCUT2D eigenvalue weighted by Crippen LogP contribution is -2.42. The predicted octanol–water partition coefficient (Wildman–Crippen LogP) is 2.13. The number of cyclic esters (lactones) is 2. The molecule has 1 aromatic carbocycles. The molecule has 7 heteroatoms. The Morgan fingerprint density at radius 3 is 2.17 bits per heavy atom. The minimum atomic E-state index is -1.32. The molecule has 7 nitrogen and oxygen atoms in total. The first-order chi connectivity index (χ1) is 10.6. The van der Waals surface area contributed by atoms with Crippen LogP contribution in [0.1, 0.15) is 35.3 Å². The number of carbonyl (C=O) groups excluding carboxylic acids is 2. The van der Waals surface area contributed by atoms with Crippen LogP contribution >= 0.6 is 0 Å². The van der Waals surface area contributed by atoms with E-state index in [-0.39, 0.29) is 11.1 Å². The molecule has 0 bridgehead atoms. The minimum absolute atomic E-state index is 0.0692. The maximum Gasteiger partial charge on any atom is 0.350 e. The summed E-state index contributed by atoms with van der Waals surface area (Å²) in [4.78, 5) is 35.1. The molecule has 1 aromatic rings. The van der Waals surface area contributed by atoms with Crippen LogP contribution in [-0.2, 0) is 19.1 Å². The fourth-order valence-corrected chi connectivity index (χ4v) is 2.20. The lowest BCUT2D eigenvalue weighted by molar-refractivity contribution is -0.222. The summed E-state index contributed by atoms with van der Waals surface area (Å²) in [7, 11) is 0. The topological polar surface area (TPSA) is 102 Å². The first kappa shape index (κ1) is 16.5. The minimum Gasteiger partial charge on any atom is -0.478 e. The van der Waals surface area contributed by atoms with E-state index in [9.17, 15) is 19.5 Å². The molecule has 2 rings (SSSR count). The Kier molecular flexibility index (Phi) is 4.14. The fraction of sp³-hybridized carbons (Fsp3) is 0.312. The monoisotopic (exact) mass is 319 g/mol. The van der Waals surface area contributed by atoms with Gasteiger partial charge in [-0.3, -0.25) is 0 Å². The number of carboxylic acids is 1. The van der Waals surface area contributed by atoms with Gasteiger partial charge in [0.25, 0.3) is 5.79 Å². The molecule has 1 aliphatic rings. The number of benzene rings is 1. The van der Waals surface area contributed by atoms with Gasteiger partial charge in [0.1, 0.15) is 0 Å². The summed E-state index contributed by atoms with van der Waals surface area (Å²) in [5.74, 6) is -4.10. The Morgan fingerprint density at radius 2 is 1.65 bits per heavy atom. The molecule has 1 aliphatic heterocycles. The molecule has 1 heterocycles. The molecule has 0 atom stereocenters. The van der Waals surface area contributed by atoms with Gasteiger partial charge in [0.05, 0.1) is 11.3 Å². The van der Waals surface area contributed by atoms with Crippen LogP contribution in [0.2, 0.25) is 0 Å². The highest BCUT2D eigenvalue weighted by molar-refractivity contribution is 6.15. The third-order valence-electron chi connectivity index (χ3n) is 3.31. The normalized spacial score (nSPS) is 16.4. The molecule has 23 heavy (non-hydrogen) atoms. The van der Waals surface area contributed by atoms with E-state index in [2.05, 4.69) is 5.32 Å². The number of anilines is 1. The Labute approximate surface area is 132 Å². The van der Waals surface area contributed by atoms with Gasteiger partial charge >= 0.3 is 17.9 Å². The predicted molar refractivity (Wildman–Crippen MR) is 80.8 cm³/mol. The van der Waals surface area contributed by atoms with Crippen LogP contribution < -0.4 is 5.32 Å². The molecule has 2 N–H and O–H groups in total. The Morgan fingerprint density at radius 1 is 1.13 bits per heavy atom. The van der Waals surface area contributed by atoms with Crippen molar-refractivity contribution in [2.75, 3.05) is 5.32 Å². The van der Waals surface area contributed by atoms with Crippen molar-refractivity contribution in [2.45, 2.75) is 33.5 Å². The average Bonchev–Trinajstić information content (AvgIpc) is 2.39. The summed E-state index contributed by atoms with van der Waals surface area (Å²) in [6, 6.07) is 3.42. The van der Waals surface area contributed by atoms with Gasteiger partial charge in [-0.25, -0.2) is 14.4 Å². The summed E-state index contributed by atoms with van der Waals surface area (Å²) in [5, 5.41) is 12.1. The smallest absolute Gasteiger partial charge is 0.350 e. The number of aromatic carboxylic acids is 1. The maximum atomic E-state index is 11.9. The molecule has 0 amide bonds. The molecule has 0 aromatic heterocycles. The van der Waals surface area contributed by atoms with Gasteiger partial charge in [-0.2, -0.15) is 0 Å². The molecule has 0 unspecified atom stereocenters. The number of aryl methyl sites for hydroxylation is 2. The Bertz CT molecular complexity index is 710. The number of carbonyl (C=O) groups is 3. The second-order valence-corrected chi connectivity index (χ2v) is 5.64. The van der Waals surface area contributed by atoms with E-state index in [1.54, 1.807) is 26.0 Å². The summed E-state index contributed by atoms with van der Waals surface area (Å²) < 4.78 is 9.94. The average molecular weight is 319 g/mol. The largest absolute Gasteiger partial charge is 0.478 e. The van der Waals surface area contributed by atoms with Crippen molar-refractivity contribution in [2.24, 2.45) is 0 Å². The molecule has 0 aliphatic carbocycles. The second-order valence-electron chi connectivity index (χ2n) is 5.64. The lowest BCUT2D eigenvalue weighted by Gasteiger charge is -2.29. The SMILES string of the molecule is Cc1ccc(C)c(C(=O)O)c1NC=C1C(=O)OC(C)(C)OC1=O. The van der Waals surface area contributed by atoms with Crippen molar-refractivity contribution >= 4 is 23.6 Å². The first-order valence-electron chi connectivity index (χ1n) is 6.89. The number of ether oxygens (including phenoxy) is 2. The Balaban J connectivity index is 2.38. The molecular formula is C16H17NO6. The van der Waals surface area contributed by atoms with Crippen molar-refractivity contribution in [1.29, 1.82) is 0 Å². The molecule has 122 valence electrons. The van der Waals surface area contributed by atoms with Crippen LogP contribution in [0.3, 0.4) is 0 Å². The van der Waals surface area contributed by atoms with E-state index in [1.165, 1.54) is 13.8 Å². The number of carboxylic acid groups (broad SMARTS) is 1. The number of nitrogens with one attached hydrogen (secondary N) is 1. The lowest BCUT2D eigenvalue weighted by atomic mass is 10.0. The van der Waals surface area contributed by atoms with Gasteiger partial charge in [0, 0.05) is 20.0 Å². The summed E-state index contributed by atoms with van der Waals surface area (Å²) in [6.45, 7) is 6.26. The van der Waals surface area contributed by atoms with Crippen molar-refractivity contribution in [3.05, 3.63) is 40.6 Å². The maximum absolute atomic E-state index is 11.9. The van der Waals surface area contributed by atoms with Crippen LogP contribution in [0.5, 0.6) is 0 Å². The number of hydrogen-bond donors (Lipinski definition) is 2. The van der Waals surface area contributed by atoms with E-state index in [4.69, 9.17) is 9.47 Å². The summed E-state index contributed by atoms with van der Waals surface area (Å²) in [5.41, 5.74) is 1.25. The quantitative estimate of drug-likeness (QED) is 0.500. The second kappa shape index (κ2) is 5.75. The molecule has 1 fully saturated rings. The summed E-state index contributed by atoms with van der Waals surface area (Å²) in [6.07, 6.45) is 1.11. The fourth-order valence-electron chi connectivity index (χ4n) is 2.20. The highest BCUT2D eigenvalue weighted by atomic mass is 16.7. The van der Waals surface area contributed by atoms with E-state index in [0.717, 1.165) is 6.20 Å². The highest BCUT2D eigenvalue weighted by Gasteiger charge is 2.39. The van der Waals surface area contributed by atoms with Crippen LogP contribution in [0.25, 0.3) is 0 Å². The van der Waals surface area contributed by atoms with Crippen LogP contribution in [0, 0.1) is 13.8 Å². The van der Waals surface area contributed by atoms with Gasteiger partial charge in [0.2, 0.25) is 0 Å². The molecule has 0 radical (unpaired) electrons. The first-order valence-corrected chi connectivity index (χ1v) is 6.89. The molecule has 0 spiro atoms. The van der Waals surface area contributed by atoms with Gasteiger partial charge < -0.3 is 19.9 Å². The van der Waals surface area contributed by atoms with E-state index < -0.39 is 23.7 Å². The highest BCUT2D eigenvalue weighted by Crippen LogP contribution is 2.26. The zero-order valence-corrected chi connectivity index (χ0v) is 13.2. The van der Waals surface area contributed by atoms with Gasteiger partial charge in [0.15, 0.2) is 5.57 Å². The van der Waals surface area contributed by atoms with E-state index in [1.807, 2.05) is 0 Å². The van der Waals surface area contributed by atoms with Gasteiger partial charge in [-0.15, -0.1) is 0 Å². The zero-order chi connectivity index (χ0) is 17.4. The van der Waals surface area contributed by atoms with Crippen LogP contribution in [0.15, 0.2) is 23.9 Å². The number of hydrogen-bond acceptors (Lipinski definition) is 6. The third kappa shape index (κ3) is 3.33. The van der Waals surface area contributed by atoms with Crippen molar-refractivity contribution in [3.63, 3.8) is 0 Å². The Hall–Kier alpha value is -2.83. The van der Waals surface area contributed by atoms with E-state index in [0.29, 0.717) is 16.8 Å². The van der Waals surface area contributed by atoms with Crippen molar-refractivity contribution in [3.8, 4) is 0 Å². The zero-order valence-electron chi connectivity index (χ0n) is 13.2. The van der Waals surface area contributed by atoms with E-state index >= 15 is 0 Å².